The Bertz CT molecular complexity index is 787. The van der Waals surface area contributed by atoms with Crippen molar-refractivity contribution in [2.45, 2.75) is 51.1 Å². The van der Waals surface area contributed by atoms with Crippen molar-refractivity contribution in [3.05, 3.63) is 52.5 Å². The maximum absolute atomic E-state index is 13.4. The summed E-state index contributed by atoms with van der Waals surface area (Å²) in [5.41, 5.74) is 1.11. The van der Waals surface area contributed by atoms with E-state index in [4.69, 9.17) is 0 Å². The third kappa shape index (κ3) is 3.75. The number of aryl methyl sites for hydroxylation is 1. The number of rotatable bonds is 4. The number of carbonyl (C=O) groups is 1. The fourth-order valence-electron chi connectivity index (χ4n) is 4.96. The summed E-state index contributed by atoms with van der Waals surface area (Å²) in [6, 6.07) is 11.4. The van der Waals surface area contributed by atoms with E-state index >= 15 is 0 Å². The molecule has 144 valence electrons. The van der Waals surface area contributed by atoms with Crippen molar-refractivity contribution in [1.29, 1.82) is 0 Å². The second kappa shape index (κ2) is 7.27. The molecule has 0 unspecified atom stereocenters. The first kappa shape index (κ1) is 18.5. The number of thiophene rings is 1. The van der Waals surface area contributed by atoms with E-state index in [-0.39, 0.29) is 17.3 Å². The van der Waals surface area contributed by atoms with Gasteiger partial charge in [-0.15, -0.1) is 11.3 Å². The number of carbonyl (C=O) groups excluding carboxylic acids is 1. The van der Waals surface area contributed by atoms with Crippen molar-refractivity contribution in [2.75, 3.05) is 18.0 Å². The highest BCUT2D eigenvalue weighted by Gasteiger charge is 2.48. The van der Waals surface area contributed by atoms with Crippen LogP contribution in [-0.2, 0) is 11.2 Å². The molecule has 3 heterocycles. The molecule has 2 atom stereocenters. The van der Waals surface area contributed by atoms with Gasteiger partial charge in [-0.2, -0.15) is 0 Å². The molecule has 2 saturated heterocycles. The summed E-state index contributed by atoms with van der Waals surface area (Å²) >= 11 is 1.72. The van der Waals surface area contributed by atoms with Crippen LogP contribution in [-0.4, -0.2) is 35.5 Å². The van der Waals surface area contributed by atoms with Gasteiger partial charge in [-0.3, -0.25) is 4.79 Å². The second-order valence-corrected chi connectivity index (χ2v) is 9.43. The predicted molar refractivity (Wildman–Crippen MR) is 109 cm³/mol. The van der Waals surface area contributed by atoms with Crippen LogP contribution >= 0.6 is 11.3 Å². The maximum Gasteiger partial charge on any atom is 0.222 e. The van der Waals surface area contributed by atoms with Gasteiger partial charge in [0.15, 0.2) is 0 Å². The first-order valence-electron chi connectivity index (χ1n) is 9.79. The van der Waals surface area contributed by atoms with E-state index in [1.54, 1.807) is 23.5 Å². The van der Waals surface area contributed by atoms with Crippen LogP contribution in [0.15, 0.2) is 41.8 Å². The predicted octanol–water partition coefficient (Wildman–Crippen LogP) is 4.73. The molecule has 1 aromatic heterocycles. The minimum atomic E-state index is -0.196. The lowest BCUT2D eigenvalue weighted by atomic mass is 9.89. The molecule has 2 fully saturated rings. The number of benzene rings is 1. The fourth-order valence-corrected chi connectivity index (χ4v) is 5.67. The molecule has 0 saturated carbocycles. The molecule has 2 aliphatic rings. The minimum Gasteiger partial charge on any atom is -0.363 e. The van der Waals surface area contributed by atoms with Crippen LogP contribution in [0.4, 0.5) is 10.1 Å². The van der Waals surface area contributed by atoms with Gasteiger partial charge >= 0.3 is 0 Å². The first-order valence-corrected chi connectivity index (χ1v) is 10.7. The van der Waals surface area contributed by atoms with E-state index in [1.807, 2.05) is 18.2 Å². The van der Waals surface area contributed by atoms with E-state index in [0.29, 0.717) is 18.4 Å². The average molecular weight is 387 g/mol. The molecule has 2 aliphatic heterocycles. The quantitative estimate of drug-likeness (QED) is 0.759. The van der Waals surface area contributed by atoms with Crippen LogP contribution < -0.4 is 4.90 Å². The van der Waals surface area contributed by atoms with Crippen molar-refractivity contribution < 1.29 is 9.18 Å². The molecule has 0 N–H and O–H groups in total. The lowest BCUT2D eigenvalue weighted by Crippen LogP contribution is -2.50. The van der Waals surface area contributed by atoms with Gasteiger partial charge in [-0.1, -0.05) is 6.07 Å². The number of likely N-dealkylation sites (tertiary alicyclic amines) is 1. The van der Waals surface area contributed by atoms with Gasteiger partial charge < -0.3 is 9.80 Å². The second-order valence-electron chi connectivity index (χ2n) is 8.40. The van der Waals surface area contributed by atoms with Crippen molar-refractivity contribution in [2.24, 2.45) is 5.92 Å². The molecule has 4 rings (SSSR count). The summed E-state index contributed by atoms with van der Waals surface area (Å²) in [4.78, 5) is 18.5. The van der Waals surface area contributed by atoms with E-state index in [1.165, 1.54) is 4.88 Å². The Hall–Kier alpha value is -1.88. The lowest BCUT2D eigenvalue weighted by Gasteiger charge is -2.42. The number of hydrogen-bond donors (Lipinski definition) is 0. The molecule has 1 amide bonds. The average Bonchev–Trinajstić information content (AvgIpc) is 3.24. The molecular formula is C22H27FN2OS. The van der Waals surface area contributed by atoms with Crippen LogP contribution in [0.2, 0.25) is 0 Å². The van der Waals surface area contributed by atoms with Gasteiger partial charge in [0.1, 0.15) is 5.82 Å². The summed E-state index contributed by atoms with van der Waals surface area (Å²) in [5.74, 6) is 0.558. The van der Waals surface area contributed by atoms with Gasteiger partial charge in [-0.05, 0) is 74.7 Å². The Labute approximate surface area is 164 Å². The van der Waals surface area contributed by atoms with Gasteiger partial charge in [0.05, 0.1) is 0 Å². The summed E-state index contributed by atoms with van der Waals surface area (Å²) in [5, 5.41) is 2.07. The van der Waals surface area contributed by atoms with Gasteiger partial charge in [-0.25, -0.2) is 4.39 Å². The third-order valence-corrected chi connectivity index (χ3v) is 7.00. The molecule has 0 radical (unpaired) electrons. The summed E-state index contributed by atoms with van der Waals surface area (Å²) < 4.78 is 13.4. The van der Waals surface area contributed by atoms with Crippen LogP contribution in [0.25, 0.3) is 0 Å². The number of halogens is 1. The lowest BCUT2D eigenvalue weighted by molar-refractivity contribution is -0.133. The van der Waals surface area contributed by atoms with Crippen molar-refractivity contribution >= 4 is 22.9 Å². The SMILES string of the molecule is CC1(C)C[C@@H]2CN(C(=O)CCc3cccs3)CC[C@@H]2N1c1ccc(F)cc1. The number of piperidine rings is 1. The van der Waals surface area contributed by atoms with Gasteiger partial charge in [0.2, 0.25) is 5.91 Å². The largest absolute Gasteiger partial charge is 0.363 e. The van der Waals surface area contributed by atoms with E-state index < -0.39 is 0 Å². The standard InChI is InChI=1S/C22H27FN2OS/c1-22(2)14-16-15-24(21(26)10-9-19-4-3-13-27-19)12-11-20(16)25(22)18-7-5-17(23)6-8-18/h3-8,13,16,20H,9-12,14-15H2,1-2H3/t16-,20+/m1/s1. The number of fused-ring (bicyclic) bond motifs is 1. The third-order valence-electron chi connectivity index (χ3n) is 6.06. The summed E-state index contributed by atoms with van der Waals surface area (Å²) in [6.07, 6.45) is 3.48. The zero-order valence-electron chi connectivity index (χ0n) is 16.0. The van der Waals surface area contributed by atoms with Gasteiger partial charge in [0, 0.05) is 41.7 Å². The molecular weight excluding hydrogens is 359 g/mol. The van der Waals surface area contributed by atoms with Crippen molar-refractivity contribution in [3.8, 4) is 0 Å². The van der Waals surface area contributed by atoms with Gasteiger partial charge in [0.25, 0.3) is 0 Å². The summed E-state index contributed by atoms with van der Waals surface area (Å²) in [7, 11) is 0. The molecule has 0 aliphatic carbocycles. The zero-order valence-corrected chi connectivity index (χ0v) is 16.8. The van der Waals surface area contributed by atoms with E-state index in [9.17, 15) is 9.18 Å². The Balaban J connectivity index is 1.43. The summed E-state index contributed by atoms with van der Waals surface area (Å²) in [6.45, 7) is 6.18. The number of hydrogen-bond acceptors (Lipinski definition) is 3. The Morgan fingerprint density at radius 2 is 2.04 bits per heavy atom. The number of anilines is 1. The fraction of sp³-hybridized carbons (Fsp3) is 0.500. The smallest absolute Gasteiger partial charge is 0.222 e. The van der Waals surface area contributed by atoms with E-state index in [2.05, 4.69) is 35.1 Å². The normalized spacial score (nSPS) is 24.1. The first-order chi connectivity index (χ1) is 12.9. The van der Waals surface area contributed by atoms with Crippen LogP contribution in [0, 0.1) is 11.7 Å². The molecule has 2 aromatic rings. The Morgan fingerprint density at radius 1 is 1.26 bits per heavy atom. The zero-order chi connectivity index (χ0) is 19.0. The maximum atomic E-state index is 13.4. The topological polar surface area (TPSA) is 23.6 Å². The van der Waals surface area contributed by atoms with Crippen molar-refractivity contribution in [1.82, 2.24) is 4.90 Å². The Kier molecular flexibility index (Phi) is 4.97. The molecule has 27 heavy (non-hydrogen) atoms. The molecule has 5 heteroatoms. The minimum absolute atomic E-state index is 0.0171. The monoisotopic (exact) mass is 386 g/mol. The molecule has 0 bridgehead atoms. The Morgan fingerprint density at radius 3 is 2.74 bits per heavy atom. The highest BCUT2D eigenvalue weighted by Crippen LogP contribution is 2.44. The number of amides is 1. The van der Waals surface area contributed by atoms with E-state index in [0.717, 1.165) is 38.0 Å². The molecule has 3 nitrogen and oxygen atoms in total. The van der Waals surface area contributed by atoms with Crippen LogP contribution in [0.5, 0.6) is 0 Å². The molecule has 1 aromatic carbocycles. The highest BCUT2D eigenvalue weighted by molar-refractivity contribution is 7.09. The number of nitrogens with zero attached hydrogens (tertiary/aromatic N) is 2. The molecule has 0 spiro atoms. The van der Waals surface area contributed by atoms with Crippen molar-refractivity contribution in [3.63, 3.8) is 0 Å². The van der Waals surface area contributed by atoms with Crippen LogP contribution in [0.1, 0.15) is 38.0 Å². The highest BCUT2D eigenvalue weighted by atomic mass is 32.1. The van der Waals surface area contributed by atoms with Crippen LogP contribution in [0.3, 0.4) is 0 Å².